The number of nitrogen functional groups attached to an aromatic ring is 1. The van der Waals surface area contributed by atoms with Crippen molar-refractivity contribution >= 4 is 18.0 Å². The molecule has 1 aromatic carbocycles. The number of aromatic amines is 1. The topological polar surface area (TPSA) is 81.0 Å². The summed E-state index contributed by atoms with van der Waals surface area (Å²) < 4.78 is 5.76. The van der Waals surface area contributed by atoms with E-state index in [1.807, 2.05) is 42.5 Å². The fourth-order valence-electron chi connectivity index (χ4n) is 3.07. The fourth-order valence-corrected chi connectivity index (χ4v) is 3.07. The van der Waals surface area contributed by atoms with Gasteiger partial charge in [0, 0.05) is 29.1 Å². The number of H-pyrrole nitrogens is 1. The Kier molecular flexibility index (Phi) is 5.36. The molecule has 5 heteroatoms. The van der Waals surface area contributed by atoms with Gasteiger partial charge in [0.2, 0.25) is 0 Å². The number of benzene rings is 1. The van der Waals surface area contributed by atoms with Crippen molar-refractivity contribution in [1.29, 1.82) is 0 Å². The Hall–Kier alpha value is -3.34. The number of anilines is 1. The number of aromatic nitrogens is 2. The number of methoxy groups -OCH3 is 1. The predicted octanol–water partition coefficient (Wildman–Crippen LogP) is 4.50. The van der Waals surface area contributed by atoms with Crippen molar-refractivity contribution in [2.75, 3.05) is 12.8 Å². The summed E-state index contributed by atoms with van der Waals surface area (Å²) in [6.45, 7) is 6.38. The summed E-state index contributed by atoms with van der Waals surface area (Å²) in [5, 5.41) is 0. The molecule has 0 amide bonds. The zero-order chi connectivity index (χ0) is 20.3. The van der Waals surface area contributed by atoms with E-state index < -0.39 is 0 Å². The van der Waals surface area contributed by atoms with Crippen LogP contribution in [0.2, 0.25) is 0 Å². The second-order valence-corrected chi connectivity index (χ2v) is 7.66. The summed E-state index contributed by atoms with van der Waals surface area (Å²) in [6.07, 6.45) is 7.28. The van der Waals surface area contributed by atoms with Crippen molar-refractivity contribution in [3.05, 3.63) is 75.8 Å². The molecule has 3 rings (SSSR count). The van der Waals surface area contributed by atoms with Gasteiger partial charge >= 0.3 is 0 Å². The highest BCUT2D eigenvalue weighted by Gasteiger charge is 2.22. The summed E-state index contributed by atoms with van der Waals surface area (Å²) in [5.41, 5.74) is 9.71. The van der Waals surface area contributed by atoms with Gasteiger partial charge in [-0.3, -0.25) is 4.79 Å². The van der Waals surface area contributed by atoms with Gasteiger partial charge in [-0.25, -0.2) is 4.98 Å². The van der Waals surface area contributed by atoms with E-state index in [-0.39, 0.29) is 11.0 Å². The molecule has 28 heavy (non-hydrogen) atoms. The summed E-state index contributed by atoms with van der Waals surface area (Å²) in [6, 6.07) is 11.3. The number of rotatable bonds is 4. The highest BCUT2D eigenvalue weighted by atomic mass is 16.5. The minimum absolute atomic E-state index is 0.120. The summed E-state index contributed by atoms with van der Waals surface area (Å²) in [7, 11) is 1.67. The van der Waals surface area contributed by atoms with Gasteiger partial charge in [0.1, 0.15) is 11.6 Å². The van der Waals surface area contributed by atoms with Gasteiger partial charge < -0.3 is 15.5 Å². The summed E-state index contributed by atoms with van der Waals surface area (Å²) in [5.74, 6) is 1.28. The van der Waals surface area contributed by atoms with Crippen molar-refractivity contribution in [3.63, 3.8) is 0 Å². The first-order valence-electron chi connectivity index (χ1n) is 9.10. The number of hydrogen-bond donors (Lipinski definition) is 2. The minimum Gasteiger partial charge on any atom is -0.496 e. The normalized spacial score (nSPS) is 11.7. The smallest absolute Gasteiger partial charge is 0.255 e. The van der Waals surface area contributed by atoms with E-state index in [0.717, 1.165) is 28.0 Å². The quantitative estimate of drug-likeness (QED) is 0.704. The third-order valence-corrected chi connectivity index (χ3v) is 4.52. The molecule has 0 aliphatic carbocycles. The van der Waals surface area contributed by atoms with Crippen LogP contribution in [0.1, 0.15) is 37.5 Å². The Morgan fingerprint density at radius 2 is 1.93 bits per heavy atom. The summed E-state index contributed by atoms with van der Waals surface area (Å²) in [4.78, 5) is 19.2. The van der Waals surface area contributed by atoms with Crippen molar-refractivity contribution in [2.24, 2.45) is 0 Å². The lowest BCUT2D eigenvalue weighted by molar-refractivity contribution is 0.397. The van der Waals surface area contributed by atoms with Crippen LogP contribution in [0.25, 0.3) is 23.3 Å². The second-order valence-electron chi connectivity index (χ2n) is 7.66. The lowest BCUT2D eigenvalue weighted by atomic mass is 9.83. The Morgan fingerprint density at radius 3 is 2.54 bits per heavy atom. The number of nitrogens with one attached hydrogen (secondary N) is 1. The number of ether oxygens (including phenoxy) is 1. The first-order valence-corrected chi connectivity index (χ1v) is 9.10. The van der Waals surface area contributed by atoms with Crippen LogP contribution in [-0.2, 0) is 5.41 Å². The third-order valence-electron chi connectivity index (χ3n) is 4.52. The molecule has 0 atom stereocenters. The Bertz CT molecular complexity index is 1060. The van der Waals surface area contributed by atoms with Crippen LogP contribution in [-0.4, -0.2) is 17.1 Å². The lowest BCUT2D eigenvalue weighted by Crippen LogP contribution is -2.15. The highest BCUT2D eigenvalue weighted by Crippen LogP contribution is 2.38. The van der Waals surface area contributed by atoms with Crippen molar-refractivity contribution < 1.29 is 4.74 Å². The Morgan fingerprint density at radius 1 is 1.14 bits per heavy atom. The molecule has 0 saturated carbocycles. The molecule has 0 spiro atoms. The van der Waals surface area contributed by atoms with Gasteiger partial charge in [0.05, 0.1) is 7.11 Å². The Labute approximate surface area is 164 Å². The van der Waals surface area contributed by atoms with E-state index >= 15 is 0 Å². The number of hydrogen-bond acceptors (Lipinski definition) is 4. The maximum absolute atomic E-state index is 12.3. The molecular formula is C23H25N3O2. The monoisotopic (exact) mass is 375 g/mol. The van der Waals surface area contributed by atoms with Crippen LogP contribution in [0.4, 0.5) is 5.82 Å². The average Bonchev–Trinajstić information content (AvgIpc) is 2.66. The molecule has 0 fully saturated rings. The largest absolute Gasteiger partial charge is 0.496 e. The van der Waals surface area contributed by atoms with Gasteiger partial charge in [0.25, 0.3) is 5.56 Å². The van der Waals surface area contributed by atoms with E-state index in [0.29, 0.717) is 11.4 Å². The molecule has 0 aliphatic heterocycles. The number of nitrogens with two attached hydrogens (primary N) is 1. The Balaban J connectivity index is 2.19. The van der Waals surface area contributed by atoms with Crippen LogP contribution in [0, 0.1) is 0 Å². The highest BCUT2D eigenvalue weighted by molar-refractivity contribution is 5.78. The molecule has 2 aromatic heterocycles. The van der Waals surface area contributed by atoms with Crippen LogP contribution in [0.5, 0.6) is 5.75 Å². The molecular weight excluding hydrogens is 350 g/mol. The van der Waals surface area contributed by atoms with Crippen molar-refractivity contribution in [2.45, 2.75) is 26.2 Å². The molecule has 0 radical (unpaired) electrons. The fraction of sp³-hybridized carbons (Fsp3) is 0.217. The van der Waals surface area contributed by atoms with E-state index in [2.05, 4.69) is 30.7 Å². The predicted molar refractivity (Wildman–Crippen MR) is 115 cm³/mol. The first kappa shape index (κ1) is 19.4. The lowest BCUT2D eigenvalue weighted by Gasteiger charge is -2.24. The van der Waals surface area contributed by atoms with Crippen LogP contribution in [0.15, 0.2) is 53.6 Å². The molecule has 144 valence electrons. The SMILES string of the molecule is COc1c(/C=C/c2ccc(N)nc2)cc(-c2ccc[nH]c2=O)cc1C(C)(C)C. The number of pyridine rings is 2. The standard InChI is InChI=1S/C23H25N3O2/c1-23(2,3)19-13-17(18-6-5-11-25-22(18)27)12-16(21(19)28-4)9-7-15-8-10-20(24)26-14-15/h5-14H,1-4H3,(H2,24,26)(H,25,27)/b9-7+. The van der Waals surface area contributed by atoms with Gasteiger partial charge in [-0.05, 0) is 52.9 Å². The molecule has 0 unspecified atom stereocenters. The van der Waals surface area contributed by atoms with Crippen molar-refractivity contribution in [3.8, 4) is 16.9 Å². The second kappa shape index (κ2) is 7.72. The number of nitrogens with zero attached hydrogens (tertiary/aromatic N) is 1. The van der Waals surface area contributed by atoms with E-state index in [1.54, 1.807) is 25.6 Å². The molecule has 0 saturated heterocycles. The van der Waals surface area contributed by atoms with Crippen molar-refractivity contribution in [1.82, 2.24) is 9.97 Å². The van der Waals surface area contributed by atoms with E-state index in [4.69, 9.17) is 10.5 Å². The van der Waals surface area contributed by atoms with E-state index in [1.165, 1.54) is 0 Å². The van der Waals surface area contributed by atoms with E-state index in [9.17, 15) is 4.79 Å². The average molecular weight is 375 g/mol. The molecule has 2 heterocycles. The molecule has 0 bridgehead atoms. The first-order chi connectivity index (χ1) is 13.3. The summed E-state index contributed by atoms with van der Waals surface area (Å²) >= 11 is 0. The molecule has 0 aliphatic rings. The third kappa shape index (κ3) is 4.14. The maximum Gasteiger partial charge on any atom is 0.255 e. The molecule has 5 nitrogen and oxygen atoms in total. The van der Waals surface area contributed by atoms with Gasteiger partial charge in [-0.15, -0.1) is 0 Å². The van der Waals surface area contributed by atoms with Gasteiger partial charge in [-0.1, -0.05) is 32.9 Å². The van der Waals surface area contributed by atoms with Gasteiger partial charge in [0.15, 0.2) is 0 Å². The van der Waals surface area contributed by atoms with Gasteiger partial charge in [-0.2, -0.15) is 0 Å². The molecule has 3 aromatic rings. The van der Waals surface area contributed by atoms with Crippen LogP contribution >= 0.6 is 0 Å². The van der Waals surface area contributed by atoms with Crippen LogP contribution in [0.3, 0.4) is 0 Å². The zero-order valence-corrected chi connectivity index (χ0v) is 16.6. The molecule has 3 N–H and O–H groups in total. The zero-order valence-electron chi connectivity index (χ0n) is 16.6. The maximum atomic E-state index is 12.3. The minimum atomic E-state index is -0.158. The van der Waals surface area contributed by atoms with Crippen LogP contribution < -0.4 is 16.0 Å².